The van der Waals surface area contributed by atoms with Gasteiger partial charge in [0.15, 0.2) is 0 Å². The Balaban J connectivity index is 1.85. The number of carbonyl (C=O) groups excluding carboxylic acids is 2. The van der Waals surface area contributed by atoms with Gasteiger partial charge in [0.05, 0.1) is 31.8 Å². The average Bonchev–Trinajstić information content (AvgIpc) is 3.11. The summed E-state index contributed by atoms with van der Waals surface area (Å²) in [6.07, 6.45) is 1.25. The third-order valence-electron chi connectivity index (χ3n) is 3.69. The van der Waals surface area contributed by atoms with Crippen LogP contribution in [0, 0.1) is 6.92 Å². The summed E-state index contributed by atoms with van der Waals surface area (Å²) in [7, 11) is 0. The standard InChI is InChI=1S/C18H21N3O5/c1-12-5-2-3-7-14(12)15(9-17(23)24)21-16(22)11-20-18(25)19-10-13-6-4-8-26-13/h2-8,15H,9-11H2,1H3,(H,21,22)(H,23,24)(H2,19,20,25). The molecule has 4 N–H and O–H groups in total. The Hall–Kier alpha value is -3.29. The van der Waals surface area contributed by atoms with Gasteiger partial charge in [-0.3, -0.25) is 9.59 Å². The van der Waals surface area contributed by atoms with E-state index in [4.69, 9.17) is 9.52 Å². The number of hydrogen-bond acceptors (Lipinski definition) is 4. The summed E-state index contributed by atoms with van der Waals surface area (Å²) in [5.74, 6) is -0.916. The number of aryl methyl sites for hydroxylation is 1. The summed E-state index contributed by atoms with van der Waals surface area (Å²) in [6.45, 7) is 1.77. The topological polar surface area (TPSA) is 121 Å². The van der Waals surface area contributed by atoms with E-state index in [9.17, 15) is 14.4 Å². The van der Waals surface area contributed by atoms with Crippen LogP contribution >= 0.6 is 0 Å². The number of carbonyl (C=O) groups is 3. The second-order valence-electron chi connectivity index (χ2n) is 5.69. The SMILES string of the molecule is Cc1ccccc1C(CC(=O)O)NC(=O)CNC(=O)NCc1ccco1. The lowest BCUT2D eigenvalue weighted by Crippen LogP contribution is -2.43. The van der Waals surface area contributed by atoms with E-state index in [1.807, 2.05) is 19.1 Å². The predicted octanol–water partition coefficient (Wildman–Crippen LogP) is 1.72. The molecule has 2 rings (SSSR count). The molecule has 0 saturated carbocycles. The molecule has 0 saturated heterocycles. The lowest BCUT2D eigenvalue weighted by molar-refractivity contribution is -0.137. The van der Waals surface area contributed by atoms with E-state index < -0.39 is 23.9 Å². The Morgan fingerprint density at radius 1 is 1.12 bits per heavy atom. The third-order valence-corrected chi connectivity index (χ3v) is 3.69. The maximum Gasteiger partial charge on any atom is 0.315 e. The minimum absolute atomic E-state index is 0.200. The molecular weight excluding hydrogens is 338 g/mol. The highest BCUT2D eigenvalue weighted by molar-refractivity contribution is 5.84. The summed E-state index contributed by atoms with van der Waals surface area (Å²) in [6, 6.07) is 9.45. The van der Waals surface area contributed by atoms with Crippen molar-refractivity contribution < 1.29 is 23.9 Å². The molecule has 1 aromatic heterocycles. The largest absolute Gasteiger partial charge is 0.481 e. The fourth-order valence-corrected chi connectivity index (χ4v) is 2.44. The third kappa shape index (κ3) is 5.97. The van der Waals surface area contributed by atoms with Crippen LogP contribution in [0.25, 0.3) is 0 Å². The molecule has 8 heteroatoms. The maximum atomic E-state index is 12.1. The molecule has 2 aromatic rings. The fourth-order valence-electron chi connectivity index (χ4n) is 2.44. The first kappa shape index (κ1) is 19.0. The Morgan fingerprint density at radius 3 is 2.54 bits per heavy atom. The van der Waals surface area contributed by atoms with Gasteiger partial charge < -0.3 is 25.5 Å². The van der Waals surface area contributed by atoms with E-state index in [0.717, 1.165) is 11.1 Å². The van der Waals surface area contributed by atoms with Crippen molar-refractivity contribution >= 4 is 17.9 Å². The highest BCUT2D eigenvalue weighted by Crippen LogP contribution is 2.20. The van der Waals surface area contributed by atoms with Crippen molar-refractivity contribution in [2.24, 2.45) is 0 Å². The van der Waals surface area contributed by atoms with Crippen molar-refractivity contribution in [3.05, 3.63) is 59.5 Å². The number of furan rings is 1. The Labute approximate surface area is 150 Å². The zero-order chi connectivity index (χ0) is 18.9. The van der Waals surface area contributed by atoms with Gasteiger partial charge in [0.2, 0.25) is 5.91 Å². The molecule has 1 aromatic carbocycles. The Kier molecular flexibility index (Phi) is 6.78. The van der Waals surface area contributed by atoms with Crippen LogP contribution in [0.1, 0.15) is 29.3 Å². The number of nitrogens with one attached hydrogen (secondary N) is 3. The van der Waals surface area contributed by atoms with Crippen LogP contribution in [0.3, 0.4) is 0 Å². The highest BCUT2D eigenvalue weighted by atomic mass is 16.4. The molecule has 0 aliphatic carbocycles. The van der Waals surface area contributed by atoms with Crippen molar-refractivity contribution in [2.75, 3.05) is 6.54 Å². The molecule has 0 aliphatic rings. The molecule has 0 bridgehead atoms. The van der Waals surface area contributed by atoms with Gasteiger partial charge in [-0.2, -0.15) is 0 Å². The first-order valence-corrected chi connectivity index (χ1v) is 8.06. The van der Waals surface area contributed by atoms with Crippen molar-refractivity contribution in [1.29, 1.82) is 0 Å². The summed E-state index contributed by atoms with van der Waals surface area (Å²) < 4.78 is 5.08. The number of urea groups is 1. The summed E-state index contributed by atoms with van der Waals surface area (Å²) in [4.78, 5) is 34.9. The van der Waals surface area contributed by atoms with Crippen LogP contribution in [-0.4, -0.2) is 29.6 Å². The number of benzene rings is 1. The molecule has 26 heavy (non-hydrogen) atoms. The first-order chi connectivity index (χ1) is 12.5. The molecule has 1 atom stereocenters. The molecule has 0 radical (unpaired) electrons. The minimum Gasteiger partial charge on any atom is -0.481 e. The van der Waals surface area contributed by atoms with Gasteiger partial charge in [-0.25, -0.2) is 4.79 Å². The van der Waals surface area contributed by atoms with Crippen LogP contribution in [0.5, 0.6) is 0 Å². The molecule has 138 valence electrons. The molecule has 1 heterocycles. The highest BCUT2D eigenvalue weighted by Gasteiger charge is 2.19. The molecule has 8 nitrogen and oxygen atoms in total. The van der Waals surface area contributed by atoms with Gasteiger partial charge in [-0.1, -0.05) is 24.3 Å². The molecule has 0 aliphatic heterocycles. The van der Waals surface area contributed by atoms with Crippen molar-refractivity contribution in [1.82, 2.24) is 16.0 Å². The summed E-state index contributed by atoms with van der Waals surface area (Å²) >= 11 is 0. The van der Waals surface area contributed by atoms with Gasteiger partial charge >= 0.3 is 12.0 Å². The minimum atomic E-state index is -1.03. The van der Waals surface area contributed by atoms with E-state index in [-0.39, 0.29) is 19.5 Å². The van der Waals surface area contributed by atoms with E-state index in [2.05, 4.69) is 16.0 Å². The fraction of sp³-hybridized carbons (Fsp3) is 0.278. The van der Waals surface area contributed by atoms with Crippen LogP contribution in [0.4, 0.5) is 4.79 Å². The van der Waals surface area contributed by atoms with Gasteiger partial charge in [0.1, 0.15) is 5.76 Å². The number of carboxylic acid groups (broad SMARTS) is 1. The zero-order valence-electron chi connectivity index (χ0n) is 14.3. The lowest BCUT2D eigenvalue weighted by Gasteiger charge is -2.19. The van der Waals surface area contributed by atoms with Crippen molar-refractivity contribution in [3.63, 3.8) is 0 Å². The molecular formula is C18H21N3O5. The molecule has 1 unspecified atom stereocenters. The summed E-state index contributed by atoms with van der Waals surface area (Å²) in [5, 5.41) is 16.7. The normalized spacial score (nSPS) is 11.4. The number of amides is 3. The first-order valence-electron chi connectivity index (χ1n) is 8.06. The monoisotopic (exact) mass is 359 g/mol. The van der Waals surface area contributed by atoms with Crippen LogP contribution in [0.2, 0.25) is 0 Å². The Morgan fingerprint density at radius 2 is 1.88 bits per heavy atom. The second-order valence-corrected chi connectivity index (χ2v) is 5.69. The number of carboxylic acids is 1. The van der Waals surface area contributed by atoms with Crippen molar-refractivity contribution in [2.45, 2.75) is 25.9 Å². The van der Waals surface area contributed by atoms with E-state index >= 15 is 0 Å². The van der Waals surface area contributed by atoms with Gasteiger partial charge in [0.25, 0.3) is 0 Å². The molecule has 0 fully saturated rings. The zero-order valence-corrected chi connectivity index (χ0v) is 14.3. The van der Waals surface area contributed by atoms with Crippen LogP contribution in [0.15, 0.2) is 47.1 Å². The smallest absolute Gasteiger partial charge is 0.315 e. The average molecular weight is 359 g/mol. The van der Waals surface area contributed by atoms with Crippen LogP contribution in [-0.2, 0) is 16.1 Å². The van der Waals surface area contributed by atoms with Gasteiger partial charge in [-0.15, -0.1) is 0 Å². The number of aliphatic carboxylic acids is 1. The maximum absolute atomic E-state index is 12.1. The number of rotatable bonds is 8. The number of hydrogen-bond donors (Lipinski definition) is 4. The Bertz CT molecular complexity index is 758. The van der Waals surface area contributed by atoms with E-state index in [1.165, 1.54) is 6.26 Å². The van der Waals surface area contributed by atoms with Crippen LogP contribution < -0.4 is 16.0 Å². The summed E-state index contributed by atoms with van der Waals surface area (Å²) in [5.41, 5.74) is 1.61. The second kappa shape index (κ2) is 9.26. The predicted molar refractivity (Wildman–Crippen MR) is 93.3 cm³/mol. The quantitative estimate of drug-likeness (QED) is 0.572. The van der Waals surface area contributed by atoms with Crippen molar-refractivity contribution in [3.8, 4) is 0 Å². The molecule has 0 spiro atoms. The van der Waals surface area contributed by atoms with E-state index in [1.54, 1.807) is 24.3 Å². The van der Waals surface area contributed by atoms with Gasteiger partial charge in [-0.05, 0) is 30.2 Å². The van der Waals surface area contributed by atoms with Gasteiger partial charge in [0, 0.05) is 0 Å². The molecule has 3 amide bonds. The lowest BCUT2D eigenvalue weighted by atomic mass is 9.99. The van der Waals surface area contributed by atoms with E-state index in [0.29, 0.717) is 5.76 Å².